The van der Waals surface area contributed by atoms with Gasteiger partial charge in [-0.3, -0.25) is 19.7 Å². The van der Waals surface area contributed by atoms with Crippen molar-refractivity contribution in [3.63, 3.8) is 0 Å². The van der Waals surface area contributed by atoms with Crippen molar-refractivity contribution >= 4 is 17.6 Å². The predicted molar refractivity (Wildman–Crippen MR) is 68.3 cm³/mol. The van der Waals surface area contributed by atoms with E-state index in [0.717, 1.165) is 0 Å². The summed E-state index contributed by atoms with van der Waals surface area (Å²) in [5.74, 6) is -1.56. The fourth-order valence-electron chi connectivity index (χ4n) is 2.35. The number of nitrogens with zero attached hydrogens (tertiary/aromatic N) is 3. The second-order valence-electron chi connectivity index (χ2n) is 4.86. The Kier molecular flexibility index (Phi) is 3.73. The van der Waals surface area contributed by atoms with E-state index in [1.807, 2.05) is 0 Å². The minimum atomic E-state index is -0.841. The van der Waals surface area contributed by atoms with Crippen LogP contribution in [0.25, 0.3) is 0 Å². The zero-order chi connectivity index (χ0) is 14.9. The molecule has 0 radical (unpaired) electrons. The number of piperidine rings is 1. The summed E-state index contributed by atoms with van der Waals surface area (Å²) in [6, 6.07) is 1.24. The third kappa shape index (κ3) is 2.63. The van der Waals surface area contributed by atoms with Gasteiger partial charge in [0.25, 0.3) is 11.6 Å². The summed E-state index contributed by atoms with van der Waals surface area (Å²) in [5.41, 5.74) is 0.113. The van der Waals surface area contributed by atoms with Gasteiger partial charge in [-0.05, 0) is 12.8 Å². The Hall–Kier alpha value is -2.38. The lowest BCUT2D eigenvalue weighted by Gasteiger charge is -2.30. The summed E-state index contributed by atoms with van der Waals surface area (Å²) in [6.45, 7) is 0.712. The third-order valence-electron chi connectivity index (χ3n) is 3.55. The molecule has 1 saturated heterocycles. The van der Waals surface area contributed by atoms with Crippen LogP contribution in [0.15, 0.2) is 12.3 Å². The van der Waals surface area contributed by atoms with Gasteiger partial charge in [0.2, 0.25) is 0 Å². The average molecular weight is 281 g/mol. The van der Waals surface area contributed by atoms with Crippen LogP contribution in [-0.4, -0.2) is 44.5 Å². The lowest BCUT2D eigenvalue weighted by Crippen LogP contribution is -2.40. The smallest absolute Gasteiger partial charge is 0.306 e. The monoisotopic (exact) mass is 281 g/mol. The lowest BCUT2D eigenvalue weighted by atomic mass is 9.97. The SMILES string of the molecule is Cn1cc([N+](=O)[O-])cc1C(=O)N1CCC(C(=O)O)CC1. The highest BCUT2D eigenvalue weighted by Crippen LogP contribution is 2.21. The van der Waals surface area contributed by atoms with E-state index in [-0.39, 0.29) is 17.3 Å². The molecule has 1 N–H and O–H groups in total. The molecule has 0 bridgehead atoms. The highest BCUT2D eigenvalue weighted by molar-refractivity contribution is 5.93. The van der Waals surface area contributed by atoms with Gasteiger partial charge in [0.1, 0.15) is 5.69 Å². The standard InChI is InChI=1S/C12H15N3O5/c1-13-7-9(15(19)20)6-10(13)11(16)14-4-2-8(3-5-14)12(17)18/h6-8H,2-5H2,1H3,(H,17,18). The largest absolute Gasteiger partial charge is 0.481 e. The van der Waals surface area contributed by atoms with Crippen molar-refractivity contribution < 1.29 is 19.6 Å². The molecule has 0 atom stereocenters. The van der Waals surface area contributed by atoms with Crippen LogP contribution < -0.4 is 0 Å². The van der Waals surface area contributed by atoms with E-state index in [4.69, 9.17) is 5.11 Å². The molecule has 1 aliphatic heterocycles. The van der Waals surface area contributed by atoms with Crippen LogP contribution in [0.1, 0.15) is 23.3 Å². The maximum atomic E-state index is 12.3. The van der Waals surface area contributed by atoms with Gasteiger partial charge in [0, 0.05) is 26.2 Å². The molecule has 1 amide bonds. The summed E-state index contributed by atoms with van der Waals surface area (Å²) in [7, 11) is 1.57. The zero-order valence-electron chi connectivity index (χ0n) is 11.0. The Morgan fingerprint density at radius 3 is 2.45 bits per heavy atom. The Morgan fingerprint density at radius 2 is 2.00 bits per heavy atom. The van der Waals surface area contributed by atoms with E-state index in [1.54, 1.807) is 11.9 Å². The molecule has 0 aromatic carbocycles. The summed E-state index contributed by atoms with van der Waals surface area (Å²) in [4.78, 5) is 34.8. The first-order valence-corrected chi connectivity index (χ1v) is 6.23. The average Bonchev–Trinajstić information content (AvgIpc) is 2.80. The number of amides is 1. The van der Waals surface area contributed by atoms with Gasteiger partial charge < -0.3 is 14.6 Å². The number of carboxylic acid groups (broad SMARTS) is 1. The van der Waals surface area contributed by atoms with Gasteiger partial charge in [-0.15, -0.1) is 0 Å². The molecule has 1 fully saturated rings. The minimum absolute atomic E-state index is 0.128. The molecule has 0 unspecified atom stereocenters. The van der Waals surface area contributed by atoms with E-state index in [9.17, 15) is 19.7 Å². The summed E-state index contributed by atoms with van der Waals surface area (Å²) in [5, 5.41) is 19.6. The van der Waals surface area contributed by atoms with Crippen molar-refractivity contribution in [2.24, 2.45) is 13.0 Å². The van der Waals surface area contributed by atoms with Gasteiger partial charge >= 0.3 is 5.97 Å². The summed E-state index contributed by atoms with van der Waals surface area (Å²) >= 11 is 0. The normalized spacial score (nSPS) is 16.1. The predicted octanol–water partition coefficient (Wildman–Crippen LogP) is 0.870. The van der Waals surface area contributed by atoms with Gasteiger partial charge in [0.05, 0.1) is 17.0 Å². The van der Waals surface area contributed by atoms with Crippen LogP contribution in [0.3, 0.4) is 0 Å². The summed E-state index contributed by atoms with van der Waals surface area (Å²) in [6.07, 6.45) is 2.11. The highest BCUT2D eigenvalue weighted by atomic mass is 16.6. The summed E-state index contributed by atoms with van der Waals surface area (Å²) < 4.78 is 1.42. The number of carbonyl (C=O) groups is 2. The second-order valence-corrected chi connectivity index (χ2v) is 4.86. The molecule has 1 aromatic rings. The van der Waals surface area contributed by atoms with Crippen LogP contribution in [0.5, 0.6) is 0 Å². The van der Waals surface area contributed by atoms with Crippen LogP contribution in [0, 0.1) is 16.0 Å². The Labute approximate surface area is 114 Å². The maximum absolute atomic E-state index is 12.3. The van der Waals surface area contributed by atoms with E-state index in [0.29, 0.717) is 25.9 Å². The molecule has 0 aliphatic carbocycles. The number of aliphatic carboxylic acids is 1. The van der Waals surface area contributed by atoms with E-state index >= 15 is 0 Å². The number of hydrogen-bond acceptors (Lipinski definition) is 4. The number of carbonyl (C=O) groups excluding carboxylic acids is 1. The van der Waals surface area contributed by atoms with Gasteiger partial charge in [-0.1, -0.05) is 0 Å². The van der Waals surface area contributed by atoms with Crippen molar-refractivity contribution in [3.05, 3.63) is 28.1 Å². The zero-order valence-corrected chi connectivity index (χ0v) is 11.0. The molecule has 8 nitrogen and oxygen atoms in total. The number of carboxylic acids is 1. The second kappa shape index (κ2) is 5.32. The number of hydrogen-bond donors (Lipinski definition) is 1. The molecule has 20 heavy (non-hydrogen) atoms. The van der Waals surface area contributed by atoms with Gasteiger partial charge in [-0.2, -0.15) is 0 Å². The Balaban J connectivity index is 2.09. The maximum Gasteiger partial charge on any atom is 0.306 e. The van der Waals surface area contributed by atoms with Gasteiger partial charge in [-0.25, -0.2) is 0 Å². The number of likely N-dealkylation sites (tertiary alicyclic amines) is 1. The first-order valence-electron chi connectivity index (χ1n) is 6.23. The third-order valence-corrected chi connectivity index (χ3v) is 3.55. The molecule has 8 heteroatoms. The lowest BCUT2D eigenvalue weighted by molar-refractivity contribution is -0.384. The fourth-order valence-corrected chi connectivity index (χ4v) is 2.35. The van der Waals surface area contributed by atoms with Crippen molar-refractivity contribution in [2.45, 2.75) is 12.8 Å². The number of aryl methyl sites for hydroxylation is 1. The molecular weight excluding hydrogens is 266 g/mol. The molecular formula is C12H15N3O5. The molecule has 1 aromatic heterocycles. The van der Waals surface area contributed by atoms with E-state index in [1.165, 1.54) is 16.8 Å². The first-order chi connectivity index (χ1) is 9.40. The Bertz CT molecular complexity index is 557. The quantitative estimate of drug-likeness (QED) is 0.653. The first kappa shape index (κ1) is 14.0. The van der Waals surface area contributed by atoms with Crippen molar-refractivity contribution in [1.82, 2.24) is 9.47 Å². The van der Waals surface area contributed by atoms with Crippen LogP contribution >= 0.6 is 0 Å². The van der Waals surface area contributed by atoms with E-state index in [2.05, 4.69) is 0 Å². The molecule has 2 rings (SSSR count). The van der Waals surface area contributed by atoms with Crippen molar-refractivity contribution in [3.8, 4) is 0 Å². The molecule has 0 saturated carbocycles. The molecule has 0 spiro atoms. The minimum Gasteiger partial charge on any atom is -0.481 e. The van der Waals surface area contributed by atoms with Crippen LogP contribution in [0.4, 0.5) is 5.69 Å². The Morgan fingerprint density at radius 1 is 1.40 bits per heavy atom. The number of nitro groups is 1. The van der Waals surface area contributed by atoms with Crippen LogP contribution in [-0.2, 0) is 11.8 Å². The van der Waals surface area contributed by atoms with Crippen molar-refractivity contribution in [2.75, 3.05) is 13.1 Å². The van der Waals surface area contributed by atoms with Crippen molar-refractivity contribution in [1.29, 1.82) is 0 Å². The number of aromatic nitrogens is 1. The fraction of sp³-hybridized carbons (Fsp3) is 0.500. The molecule has 108 valence electrons. The molecule has 1 aliphatic rings. The highest BCUT2D eigenvalue weighted by Gasteiger charge is 2.29. The van der Waals surface area contributed by atoms with Crippen LogP contribution in [0.2, 0.25) is 0 Å². The number of rotatable bonds is 3. The van der Waals surface area contributed by atoms with E-state index < -0.39 is 16.8 Å². The van der Waals surface area contributed by atoms with Gasteiger partial charge in [0.15, 0.2) is 0 Å². The topological polar surface area (TPSA) is 106 Å². The molecule has 2 heterocycles.